The highest BCUT2D eigenvalue weighted by atomic mass is 16.5. The second-order valence-electron chi connectivity index (χ2n) is 8.83. The average Bonchev–Trinajstić information content (AvgIpc) is 2.66. The Morgan fingerprint density at radius 3 is 2.36 bits per heavy atom. The van der Waals surface area contributed by atoms with Crippen molar-refractivity contribution in [3.05, 3.63) is 12.3 Å². The van der Waals surface area contributed by atoms with Crippen LogP contribution >= 0.6 is 0 Å². The van der Waals surface area contributed by atoms with Gasteiger partial charge in [0, 0.05) is 0 Å². The van der Waals surface area contributed by atoms with Crippen LogP contribution in [0.3, 0.4) is 0 Å². The van der Waals surface area contributed by atoms with Crippen LogP contribution in [0.2, 0.25) is 0 Å². The molecule has 1 heteroatoms. The zero-order valence-corrected chi connectivity index (χ0v) is 17.2. The predicted octanol–water partition coefficient (Wildman–Crippen LogP) is 8.04. The second kappa shape index (κ2) is 12.8. The van der Waals surface area contributed by atoms with Crippen molar-refractivity contribution in [2.75, 3.05) is 0 Å². The second-order valence-corrected chi connectivity index (χ2v) is 8.83. The third-order valence-electron chi connectivity index (χ3n) is 6.78. The van der Waals surface area contributed by atoms with Gasteiger partial charge in [0.15, 0.2) is 0 Å². The Hall–Kier alpha value is -0.460. The van der Waals surface area contributed by atoms with Crippen LogP contribution in [0.4, 0.5) is 0 Å². The van der Waals surface area contributed by atoms with Gasteiger partial charge >= 0.3 is 0 Å². The lowest BCUT2D eigenvalue weighted by atomic mass is 9.70. The van der Waals surface area contributed by atoms with E-state index in [4.69, 9.17) is 4.74 Å². The molecule has 0 aromatic rings. The van der Waals surface area contributed by atoms with E-state index >= 15 is 0 Å². The fraction of sp³-hybridized carbons (Fsp3) is 0.917. The van der Waals surface area contributed by atoms with Crippen molar-refractivity contribution in [1.82, 2.24) is 0 Å². The molecule has 0 amide bonds. The van der Waals surface area contributed by atoms with Gasteiger partial charge in [0.2, 0.25) is 0 Å². The van der Waals surface area contributed by atoms with Crippen LogP contribution in [0.1, 0.15) is 117 Å². The van der Waals surface area contributed by atoms with Crippen molar-refractivity contribution in [2.24, 2.45) is 17.8 Å². The van der Waals surface area contributed by atoms with E-state index in [1.165, 1.54) is 103 Å². The summed E-state index contributed by atoms with van der Waals surface area (Å²) < 4.78 is 6.07. The van der Waals surface area contributed by atoms with Gasteiger partial charge in [0.05, 0.1) is 12.4 Å². The smallest absolute Gasteiger partial charge is 0.0981 e. The largest absolute Gasteiger partial charge is 0.498 e. The summed E-state index contributed by atoms with van der Waals surface area (Å²) in [4.78, 5) is 0. The number of hydrogen-bond donors (Lipinski definition) is 0. The van der Waals surface area contributed by atoms with Gasteiger partial charge in [0.25, 0.3) is 0 Å². The number of allylic oxidation sites excluding steroid dienone is 1. The first-order valence-electron chi connectivity index (χ1n) is 11.6. The Kier molecular flexibility index (Phi) is 10.7. The minimum absolute atomic E-state index is 0.503. The zero-order valence-electron chi connectivity index (χ0n) is 17.2. The van der Waals surface area contributed by atoms with Crippen molar-refractivity contribution >= 4 is 0 Å². The minimum atomic E-state index is 0.503. The van der Waals surface area contributed by atoms with Gasteiger partial charge in [-0.1, -0.05) is 65.2 Å². The Morgan fingerprint density at radius 2 is 1.60 bits per heavy atom. The first-order chi connectivity index (χ1) is 12.3. The molecule has 0 spiro atoms. The highest BCUT2D eigenvalue weighted by molar-refractivity contribution is 4.84. The van der Waals surface area contributed by atoms with Gasteiger partial charge in [-0.2, -0.15) is 0 Å². The van der Waals surface area contributed by atoms with Crippen molar-refractivity contribution in [1.29, 1.82) is 0 Å². The summed E-state index contributed by atoms with van der Waals surface area (Å²) in [5.41, 5.74) is 0. The molecular formula is C24H44O. The topological polar surface area (TPSA) is 9.23 Å². The van der Waals surface area contributed by atoms with Crippen molar-refractivity contribution < 1.29 is 4.74 Å². The van der Waals surface area contributed by atoms with Crippen molar-refractivity contribution in [3.8, 4) is 0 Å². The van der Waals surface area contributed by atoms with Gasteiger partial charge < -0.3 is 4.74 Å². The summed E-state index contributed by atoms with van der Waals surface area (Å²) in [6.07, 6.45) is 27.2. The first kappa shape index (κ1) is 20.8. The molecule has 0 bridgehead atoms. The quantitative estimate of drug-likeness (QED) is 0.271. The molecule has 2 saturated carbocycles. The molecule has 2 aliphatic carbocycles. The molecule has 2 atom stereocenters. The van der Waals surface area contributed by atoms with Crippen LogP contribution in [0.5, 0.6) is 0 Å². The standard InChI is InChI=1S/C24H44O/c1-3-5-7-9-12-21-15-17-22(18-16-21)23-13-11-14-24(20-23)25-19-10-8-6-4-2/h10,19,21-24H,3-9,11-18,20H2,1-2H3/b19-10+. The van der Waals surface area contributed by atoms with Crippen LogP contribution < -0.4 is 0 Å². The summed E-state index contributed by atoms with van der Waals surface area (Å²) in [6.45, 7) is 4.56. The summed E-state index contributed by atoms with van der Waals surface area (Å²) in [5, 5.41) is 0. The van der Waals surface area contributed by atoms with E-state index in [0.717, 1.165) is 17.8 Å². The zero-order chi connectivity index (χ0) is 17.7. The van der Waals surface area contributed by atoms with E-state index in [-0.39, 0.29) is 0 Å². The number of rotatable bonds is 11. The van der Waals surface area contributed by atoms with E-state index in [2.05, 4.69) is 19.9 Å². The average molecular weight is 349 g/mol. The van der Waals surface area contributed by atoms with Crippen molar-refractivity contribution in [3.63, 3.8) is 0 Å². The highest BCUT2D eigenvalue weighted by Crippen LogP contribution is 2.41. The number of ether oxygens (including phenoxy) is 1. The van der Waals surface area contributed by atoms with Gasteiger partial charge in [-0.3, -0.25) is 0 Å². The Bertz CT molecular complexity index is 340. The lowest BCUT2D eigenvalue weighted by Gasteiger charge is -2.38. The normalized spacial score (nSPS) is 30.6. The molecule has 25 heavy (non-hydrogen) atoms. The maximum atomic E-state index is 6.07. The summed E-state index contributed by atoms with van der Waals surface area (Å²) >= 11 is 0. The number of unbranched alkanes of at least 4 members (excludes halogenated alkanes) is 5. The Labute approximate surface area is 158 Å². The molecule has 2 rings (SSSR count). The molecule has 0 saturated heterocycles. The van der Waals surface area contributed by atoms with Crippen LogP contribution in [0.25, 0.3) is 0 Å². The summed E-state index contributed by atoms with van der Waals surface area (Å²) in [7, 11) is 0. The van der Waals surface area contributed by atoms with E-state index in [9.17, 15) is 0 Å². The van der Waals surface area contributed by atoms with Crippen LogP contribution in [-0.2, 0) is 4.74 Å². The van der Waals surface area contributed by atoms with Crippen LogP contribution in [0, 0.1) is 17.8 Å². The van der Waals surface area contributed by atoms with Gasteiger partial charge in [0.1, 0.15) is 0 Å². The Balaban J connectivity index is 1.62. The molecule has 1 nitrogen and oxygen atoms in total. The monoisotopic (exact) mass is 348 g/mol. The molecule has 0 aromatic heterocycles. The van der Waals surface area contributed by atoms with Crippen LogP contribution in [0.15, 0.2) is 12.3 Å². The van der Waals surface area contributed by atoms with E-state index in [0.29, 0.717) is 6.10 Å². The molecule has 0 N–H and O–H groups in total. The molecule has 0 heterocycles. The molecule has 2 aliphatic rings. The first-order valence-corrected chi connectivity index (χ1v) is 11.6. The predicted molar refractivity (Wildman–Crippen MR) is 110 cm³/mol. The maximum absolute atomic E-state index is 6.07. The fourth-order valence-electron chi connectivity index (χ4n) is 5.10. The van der Waals surface area contributed by atoms with Crippen molar-refractivity contribution in [2.45, 2.75) is 123 Å². The van der Waals surface area contributed by atoms with Gasteiger partial charge in [-0.05, 0) is 75.2 Å². The van der Waals surface area contributed by atoms with Gasteiger partial charge in [-0.15, -0.1) is 0 Å². The minimum Gasteiger partial charge on any atom is -0.498 e. The van der Waals surface area contributed by atoms with E-state index < -0.39 is 0 Å². The van der Waals surface area contributed by atoms with Crippen LogP contribution in [-0.4, -0.2) is 6.10 Å². The molecule has 0 aliphatic heterocycles. The molecule has 146 valence electrons. The molecule has 0 radical (unpaired) electrons. The Morgan fingerprint density at radius 1 is 0.800 bits per heavy atom. The highest BCUT2D eigenvalue weighted by Gasteiger charge is 2.31. The SMILES string of the molecule is CCCC/C=C/OC1CCCC(C2CCC(CCCCCC)CC2)C1. The molecule has 2 fully saturated rings. The maximum Gasteiger partial charge on any atom is 0.0981 e. The molecule has 0 aromatic carbocycles. The van der Waals surface area contributed by atoms with E-state index in [1.807, 2.05) is 6.26 Å². The lowest BCUT2D eigenvalue weighted by molar-refractivity contribution is 0.0509. The number of hydrogen-bond acceptors (Lipinski definition) is 1. The fourth-order valence-corrected chi connectivity index (χ4v) is 5.10. The molecular weight excluding hydrogens is 304 g/mol. The lowest BCUT2D eigenvalue weighted by Crippen LogP contribution is -2.29. The van der Waals surface area contributed by atoms with E-state index in [1.54, 1.807) is 0 Å². The van der Waals surface area contributed by atoms with Gasteiger partial charge in [-0.25, -0.2) is 0 Å². The summed E-state index contributed by atoms with van der Waals surface area (Å²) in [5.74, 6) is 3.00. The molecule has 2 unspecified atom stereocenters. The third kappa shape index (κ3) is 8.18. The third-order valence-corrected chi connectivity index (χ3v) is 6.78. The summed E-state index contributed by atoms with van der Waals surface area (Å²) in [6, 6.07) is 0.